The van der Waals surface area contributed by atoms with Crippen LogP contribution in [0.4, 0.5) is 0 Å². The summed E-state index contributed by atoms with van der Waals surface area (Å²) in [6, 6.07) is 24.0. The predicted octanol–water partition coefficient (Wildman–Crippen LogP) is 6.50. The van der Waals surface area contributed by atoms with Crippen molar-refractivity contribution in [1.82, 2.24) is 0 Å². The highest BCUT2D eigenvalue weighted by molar-refractivity contribution is 5.51. The number of aromatic hydroxyl groups is 2. The summed E-state index contributed by atoms with van der Waals surface area (Å²) in [6.07, 6.45) is 6.64. The monoisotopic (exact) mass is 372 g/mol. The molecule has 0 radical (unpaired) electrons. The lowest BCUT2D eigenvalue weighted by Gasteiger charge is -2.32. The van der Waals surface area contributed by atoms with E-state index < -0.39 is 0 Å². The van der Waals surface area contributed by atoms with E-state index in [0.29, 0.717) is 5.92 Å². The van der Waals surface area contributed by atoms with Crippen LogP contribution in [0.3, 0.4) is 0 Å². The van der Waals surface area contributed by atoms with Gasteiger partial charge in [-0.3, -0.25) is 0 Å². The van der Waals surface area contributed by atoms with Crippen LogP contribution in [0.25, 0.3) is 0 Å². The fourth-order valence-corrected chi connectivity index (χ4v) is 4.61. The molecule has 1 saturated carbocycles. The maximum Gasteiger partial charge on any atom is 0.115 e. The van der Waals surface area contributed by atoms with Gasteiger partial charge in [0.2, 0.25) is 0 Å². The van der Waals surface area contributed by atoms with Gasteiger partial charge < -0.3 is 10.2 Å². The Morgan fingerprint density at radius 2 is 1.00 bits per heavy atom. The fourth-order valence-electron chi connectivity index (χ4n) is 4.61. The molecule has 1 fully saturated rings. The van der Waals surface area contributed by atoms with Crippen LogP contribution in [0.2, 0.25) is 0 Å². The van der Waals surface area contributed by atoms with Gasteiger partial charge in [0.1, 0.15) is 11.5 Å². The van der Waals surface area contributed by atoms with Crippen LogP contribution >= 0.6 is 0 Å². The summed E-state index contributed by atoms with van der Waals surface area (Å²) >= 11 is 0. The second-order valence-corrected chi connectivity index (χ2v) is 8.18. The van der Waals surface area contributed by atoms with E-state index >= 15 is 0 Å². The van der Waals surface area contributed by atoms with E-state index in [9.17, 15) is 10.2 Å². The zero-order valence-corrected chi connectivity index (χ0v) is 16.4. The summed E-state index contributed by atoms with van der Waals surface area (Å²) in [4.78, 5) is 0. The van der Waals surface area contributed by atoms with Crippen LogP contribution in [0, 0.1) is 0 Å². The number of hydrogen-bond donors (Lipinski definition) is 2. The molecule has 0 unspecified atom stereocenters. The predicted molar refractivity (Wildman–Crippen MR) is 114 cm³/mol. The third kappa shape index (κ3) is 3.52. The molecule has 3 aromatic carbocycles. The standard InChI is InChI=1S/C26H28O2/c1-26(22-11-15-24(27)16-12-22,23-13-17-25(28)18-14-23)21-9-7-20(8-10-21)19-5-3-2-4-6-19/h7-19,27-28H,2-6H2,1H3. The van der Waals surface area contributed by atoms with E-state index in [1.54, 1.807) is 24.3 Å². The van der Waals surface area contributed by atoms with Crippen molar-refractivity contribution in [1.29, 1.82) is 0 Å². The van der Waals surface area contributed by atoms with E-state index in [1.807, 2.05) is 24.3 Å². The highest BCUT2D eigenvalue weighted by Gasteiger charge is 2.31. The molecule has 0 amide bonds. The third-order valence-corrected chi connectivity index (χ3v) is 6.45. The minimum atomic E-state index is -0.369. The van der Waals surface area contributed by atoms with E-state index in [0.717, 1.165) is 11.1 Å². The molecule has 2 nitrogen and oxygen atoms in total. The molecule has 0 spiro atoms. The first kappa shape index (κ1) is 18.6. The van der Waals surface area contributed by atoms with Gasteiger partial charge in [-0.25, -0.2) is 0 Å². The Labute approximate surface area is 167 Å². The molecule has 0 bridgehead atoms. The first-order chi connectivity index (χ1) is 13.6. The summed E-state index contributed by atoms with van der Waals surface area (Å²) in [6.45, 7) is 2.21. The van der Waals surface area contributed by atoms with E-state index in [2.05, 4.69) is 31.2 Å². The van der Waals surface area contributed by atoms with Crippen molar-refractivity contribution in [2.45, 2.75) is 50.4 Å². The number of hydrogen-bond acceptors (Lipinski definition) is 2. The Morgan fingerprint density at radius 3 is 1.43 bits per heavy atom. The zero-order valence-electron chi connectivity index (χ0n) is 16.4. The summed E-state index contributed by atoms with van der Waals surface area (Å²) in [5.74, 6) is 1.23. The van der Waals surface area contributed by atoms with Gasteiger partial charge in [-0.2, -0.15) is 0 Å². The summed E-state index contributed by atoms with van der Waals surface area (Å²) in [7, 11) is 0. The highest BCUT2D eigenvalue weighted by atomic mass is 16.3. The van der Waals surface area contributed by atoms with Gasteiger partial charge >= 0.3 is 0 Å². The lowest BCUT2D eigenvalue weighted by molar-refractivity contribution is 0.443. The molecule has 0 heterocycles. The van der Waals surface area contributed by atoms with E-state index in [4.69, 9.17) is 0 Å². The highest BCUT2D eigenvalue weighted by Crippen LogP contribution is 2.41. The Bertz CT molecular complexity index is 857. The topological polar surface area (TPSA) is 40.5 Å². The van der Waals surface area contributed by atoms with Crippen molar-refractivity contribution >= 4 is 0 Å². The molecule has 28 heavy (non-hydrogen) atoms. The van der Waals surface area contributed by atoms with Crippen LogP contribution in [-0.4, -0.2) is 10.2 Å². The molecule has 1 aliphatic rings. The molecule has 0 saturated heterocycles. The van der Waals surface area contributed by atoms with Gasteiger partial charge in [0.05, 0.1) is 0 Å². The number of phenolic OH excluding ortho intramolecular Hbond substituents is 2. The van der Waals surface area contributed by atoms with Crippen LogP contribution in [-0.2, 0) is 5.41 Å². The Kier molecular flexibility index (Phi) is 5.13. The largest absolute Gasteiger partial charge is 0.508 e. The number of rotatable bonds is 4. The molecule has 0 aromatic heterocycles. The van der Waals surface area contributed by atoms with Gasteiger partial charge in [-0.15, -0.1) is 0 Å². The Hall–Kier alpha value is -2.74. The minimum Gasteiger partial charge on any atom is -0.508 e. The molecular formula is C26H28O2. The average molecular weight is 373 g/mol. The van der Waals surface area contributed by atoms with Crippen molar-refractivity contribution in [2.75, 3.05) is 0 Å². The van der Waals surface area contributed by atoms with Crippen molar-refractivity contribution in [3.8, 4) is 11.5 Å². The quantitative estimate of drug-likeness (QED) is 0.513. The lowest BCUT2D eigenvalue weighted by atomic mass is 9.70. The van der Waals surface area contributed by atoms with E-state index in [-0.39, 0.29) is 16.9 Å². The van der Waals surface area contributed by atoms with Crippen molar-refractivity contribution < 1.29 is 10.2 Å². The second-order valence-electron chi connectivity index (χ2n) is 8.18. The molecule has 144 valence electrons. The van der Waals surface area contributed by atoms with Crippen molar-refractivity contribution in [3.63, 3.8) is 0 Å². The third-order valence-electron chi connectivity index (χ3n) is 6.45. The van der Waals surface area contributed by atoms with Gasteiger partial charge in [0.25, 0.3) is 0 Å². The molecular weight excluding hydrogens is 344 g/mol. The molecule has 2 heteroatoms. The van der Waals surface area contributed by atoms with Crippen LogP contribution in [0.5, 0.6) is 11.5 Å². The van der Waals surface area contributed by atoms with Crippen molar-refractivity contribution in [2.24, 2.45) is 0 Å². The van der Waals surface area contributed by atoms with Gasteiger partial charge in [0.15, 0.2) is 0 Å². The maximum atomic E-state index is 9.75. The van der Waals surface area contributed by atoms with Crippen LogP contribution in [0.1, 0.15) is 67.2 Å². The van der Waals surface area contributed by atoms with Gasteiger partial charge in [-0.05, 0) is 72.2 Å². The van der Waals surface area contributed by atoms with Crippen LogP contribution in [0.15, 0.2) is 72.8 Å². The summed E-state index contributed by atoms with van der Waals surface area (Å²) < 4.78 is 0. The molecule has 3 aromatic rings. The Balaban J connectivity index is 1.76. The first-order valence-electron chi connectivity index (χ1n) is 10.3. The van der Waals surface area contributed by atoms with Gasteiger partial charge in [0, 0.05) is 5.41 Å². The Morgan fingerprint density at radius 1 is 0.607 bits per heavy atom. The number of benzene rings is 3. The zero-order chi connectivity index (χ0) is 19.6. The fraction of sp³-hybridized carbons (Fsp3) is 0.308. The summed E-state index contributed by atoms with van der Waals surface area (Å²) in [5.41, 5.74) is 4.51. The van der Waals surface area contributed by atoms with Crippen molar-refractivity contribution in [3.05, 3.63) is 95.1 Å². The number of phenols is 2. The minimum absolute atomic E-state index is 0.268. The SMILES string of the molecule is CC(c1ccc(O)cc1)(c1ccc(O)cc1)c1ccc(C2CCCCC2)cc1. The van der Waals surface area contributed by atoms with Gasteiger partial charge in [-0.1, -0.05) is 67.8 Å². The van der Waals surface area contributed by atoms with E-state index in [1.165, 1.54) is 43.2 Å². The smallest absolute Gasteiger partial charge is 0.115 e. The normalized spacial score (nSPS) is 15.5. The summed E-state index contributed by atoms with van der Waals surface area (Å²) in [5, 5.41) is 19.5. The molecule has 2 N–H and O–H groups in total. The maximum absolute atomic E-state index is 9.75. The molecule has 4 rings (SSSR count). The molecule has 1 aliphatic carbocycles. The van der Waals surface area contributed by atoms with Crippen LogP contribution < -0.4 is 0 Å². The average Bonchev–Trinajstić information content (AvgIpc) is 2.75. The first-order valence-corrected chi connectivity index (χ1v) is 10.3. The molecule has 0 aliphatic heterocycles. The second kappa shape index (κ2) is 7.71. The molecule has 0 atom stereocenters. The lowest BCUT2D eigenvalue weighted by Crippen LogP contribution is -2.25.